The Balaban J connectivity index is 2.71. The fourth-order valence-corrected chi connectivity index (χ4v) is 11.0. The molecule has 3 nitrogen and oxygen atoms in total. The van der Waals surface area contributed by atoms with Crippen molar-refractivity contribution in [3.05, 3.63) is 24.2 Å². The van der Waals surface area contributed by atoms with Crippen LogP contribution in [0.4, 0.5) is 0 Å². The van der Waals surface area contributed by atoms with E-state index in [0.29, 0.717) is 5.76 Å². The molecule has 0 aliphatic heterocycles. The van der Waals surface area contributed by atoms with Crippen molar-refractivity contribution in [3.8, 4) is 0 Å². The van der Waals surface area contributed by atoms with Gasteiger partial charge in [0.15, 0.2) is 0 Å². The zero-order valence-corrected chi connectivity index (χ0v) is 13.5. The Morgan fingerprint density at radius 3 is 2.33 bits per heavy atom. The third kappa shape index (κ3) is 3.06. The van der Waals surface area contributed by atoms with Crippen molar-refractivity contribution in [2.75, 3.05) is 0 Å². The van der Waals surface area contributed by atoms with Crippen LogP contribution >= 0.6 is 0 Å². The number of hydrogen-bond acceptors (Lipinski definition) is 3. The zero-order chi connectivity index (χ0) is 11.3. The van der Waals surface area contributed by atoms with Gasteiger partial charge in [0, 0.05) is 0 Å². The van der Waals surface area contributed by atoms with Gasteiger partial charge < -0.3 is 0 Å². The van der Waals surface area contributed by atoms with Crippen molar-refractivity contribution in [2.45, 2.75) is 32.7 Å². The molecule has 0 bridgehead atoms. The molecule has 1 heterocycles. The Bertz CT molecular complexity index is 293. The van der Waals surface area contributed by atoms with Crippen LogP contribution in [0.2, 0.25) is 11.9 Å². The van der Waals surface area contributed by atoms with Crippen molar-refractivity contribution in [3.63, 3.8) is 0 Å². The summed E-state index contributed by atoms with van der Waals surface area (Å²) in [5.74, 6) is 0.0574. The van der Waals surface area contributed by atoms with E-state index in [1.54, 1.807) is 12.1 Å². The van der Waals surface area contributed by atoms with Gasteiger partial charge in [0.05, 0.1) is 0 Å². The van der Waals surface area contributed by atoms with E-state index >= 15 is 0 Å². The molecule has 1 rings (SSSR count). The fraction of sp³-hybridized carbons (Fsp3) is 0.545. The van der Waals surface area contributed by atoms with E-state index in [2.05, 4.69) is 20.8 Å². The fourth-order valence-electron chi connectivity index (χ4n) is 1.61. The summed E-state index contributed by atoms with van der Waals surface area (Å²) >= 11 is -2.75. The Kier molecular flexibility index (Phi) is 4.82. The molecule has 0 saturated heterocycles. The molecule has 84 valence electrons. The Morgan fingerprint density at radius 2 is 1.93 bits per heavy atom. The van der Waals surface area contributed by atoms with Gasteiger partial charge in [-0.3, -0.25) is 0 Å². The quantitative estimate of drug-likeness (QED) is 0.705. The summed E-state index contributed by atoms with van der Waals surface area (Å²) in [6.07, 6.45) is 1.50. The van der Waals surface area contributed by atoms with Crippen LogP contribution in [-0.4, -0.2) is 27.6 Å². The van der Waals surface area contributed by atoms with Gasteiger partial charge in [0.1, 0.15) is 0 Å². The minimum atomic E-state index is -2.75. The topological polar surface area (TPSA) is 39.4 Å². The van der Waals surface area contributed by atoms with E-state index in [9.17, 15) is 4.79 Å². The van der Waals surface area contributed by atoms with Crippen LogP contribution < -0.4 is 0 Å². The van der Waals surface area contributed by atoms with Crippen LogP contribution in [0.15, 0.2) is 22.8 Å². The Labute approximate surface area is 96.1 Å². The van der Waals surface area contributed by atoms with Gasteiger partial charge >= 0.3 is 96.4 Å². The standard InChI is InChI=1S/C5H4O3.3C2H5.Pb/c6-5(7)4-2-1-3-8-4;3*1-2;/h1-3H,(H,6,7);3*1H2,2H3;/q;;;;+1/p-1. The first-order valence-corrected chi connectivity index (χ1v) is 15.3. The van der Waals surface area contributed by atoms with E-state index < -0.39 is 21.6 Å². The van der Waals surface area contributed by atoms with E-state index in [1.165, 1.54) is 6.26 Å². The first-order chi connectivity index (χ1) is 7.17. The summed E-state index contributed by atoms with van der Waals surface area (Å²) in [4.78, 5) is 11.7. The second-order valence-corrected chi connectivity index (χ2v) is 21.8. The summed E-state index contributed by atoms with van der Waals surface area (Å²) in [5, 5.41) is 0. The van der Waals surface area contributed by atoms with Crippen molar-refractivity contribution < 1.29 is 11.9 Å². The van der Waals surface area contributed by atoms with Gasteiger partial charge in [0.2, 0.25) is 0 Å². The monoisotopic (exact) mass is 406 g/mol. The molecule has 0 unspecified atom stereocenters. The van der Waals surface area contributed by atoms with Gasteiger partial charge in [-0.15, -0.1) is 0 Å². The molecule has 0 spiro atoms. The molecule has 4 heteroatoms. The third-order valence-corrected chi connectivity index (χ3v) is 20.4. The van der Waals surface area contributed by atoms with Crippen LogP contribution in [0.5, 0.6) is 0 Å². The average Bonchev–Trinajstić information content (AvgIpc) is 2.79. The van der Waals surface area contributed by atoms with E-state index in [4.69, 9.17) is 7.10 Å². The Hall–Kier alpha value is -0.328. The second kappa shape index (κ2) is 5.67. The molecule has 0 aliphatic rings. The third-order valence-electron chi connectivity index (χ3n) is 2.96. The predicted octanol–water partition coefficient (Wildman–Crippen LogP) is 3.44. The van der Waals surface area contributed by atoms with Gasteiger partial charge in [-0.1, -0.05) is 0 Å². The van der Waals surface area contributed by atoms with Gasteiger partial charge in [-0.2, -0.15) is 0 Å². The van der Waals surface area contributed by atoms with E-state index in [0.717, 1.165) is 11.9 Å². The Morgan fingerprint density at radius 1 is 1.33 bits per heavy atom. The summed E-state index contributed by atoms with van der Waals surface area (Å²) in [7, 11) is 0. The molecule has 0 aromatic carbocycles. The minimum absolute atomic E-state index is 0.271. The molecular formula is C11H18O3Pb. The second-order valence-electron chi connectivity index (χ2n) is 3.61. The van der Waals surface area contributed by atoms with Crippen LogP contribution in [-0.2, 0) is 2.69 Å². The molecule has 0 N–H and O–H groups in total. The van der Waals surface area contributed by atoms with Crippen molar-refractivity contribution >= 4 is 27.6 Å². The first-order valence-electron chi connectivity index (χ1n) is 5.44. The molecule has 1 aromatic rings. The SMILES string of the molecule is C[CH2][Pb]([CH2]C)([CH2]C)[O]C(=O)c1ccco1. The van der Waals surface area contributed by atoms with Crippen LogP contribution in [0.25, 0.3) is 0 Å². The van der Waals surface area contributed by atoms with Crippen LogP contribution in [0.3, 0.4) is 0 Å². The molecule has 1 aromatic heterocycles. The average molecular weight is 405 g/mol. The summed E-state index contributed by atoms with van der Waals surface area (Å²) in [6, 6.07) is 3.36. The number of hydrogen-bond donors (Lipinski definition) is 0. The molecule has 0 amide bonds. The number of carbonyl (C=O) groups is 1. The summed E-state index contributed by atoms with van der Waals surface area (Å²) in [5.41, 5.74) is 0. The molecular weight excluding hydrogens is 387 g/mol. The number of furan rings is 1. The summed E-state index contributed by atoms with van der Waals surface area (Å²) < 4.78 is 13.9. The summed E-state index contributed by atoms with van der Waals surface area (Å²) in [6.45, 7) is 6.39. The van der Waals surface area contributed by atoms with Gasteiger partial charge in [-0.25, -0.2) is 0 Å². The van der Waals surface area contributed by atoms with Crippen LogP contribution in [0, 0.1) is 0 Å². The van der Waals surface area contributed by atoms with Gasteiger partial charge in [-0.05, 0) is 0 Å². The van der Waals surface area contributed by atoms with Crippen molar-refractivity contribution in [1.29, 1.82) is 0 Å². The molecule has 0 aliphatic carbocycles. The van der Waals surface area contributed by atoms with Crippen molar-refractivity contribution in [2.24, 2.45) is 0 Å². The first kappa shape index (κ1) is 12.7. The van der Waals surface area contributed by atoms with Crippen molar-refractivity contribution in [1.82, 2.24) is 0 Å². The molecule has 0 atom stereocenters. The molecule has 15 heavy (non-hydrogen) atoms. The zero-order valence-electron chi connectivity index (χ0n) is 9.58. The van der Waals surface area contributed by atoms with E-state index in [1.807, 2.05) is 0 Å². The maximum atomic E-state index is 11.7. The molecule has 0 radical (unpaired) electrons. The molecule has 0 saturated carbocycles. The van der Waals surface area contributed by atoms with Gasteiger partial charge in [0.25, 0.3) is 0 Å². The normalized spacial score (nSPS) is 11.4. The predicted molar refractivity (Wildman–Crippen MR) is 61.3 cm³/mol. The van der Waals surface area contributed by atoms with Crippen LogP contribution in [0.1, 0.15) is 31.3 Å². The van der Waals surface area contributed by atoms with E-state index in [-0.39, 0.29) is 5.97 Å². The number of rotatable bonds is 5. The number of carbonyl (C=O) groups excluding carboxylic acids is 1. The molecule has 0 fully saturated rings. The maximum absolute atomic E-state index is 11.7.